The summed E-state index contributed by atoms with van der Waals surface area (Å²) in [5.74, 6) is 1.16. The third kappa shape index (κ3) is 1.61. The van der Waals surface area contributed by atoms with Gasteiger partial charge in [-0.05, 0) is 12.1 Å². The molecule has 3 aromatic rings. The zero-order valence-electron chi connectivity index (χ0n) is 9.45. The van der Waals surface area contributed by atoms with E-state index in [-0.39, 0.29) is 0 Å². The van der Waals surface area contributed by atoms with Gasteiger partial charge in [0.1, 0.15) is 5.82 Å². The smallest absolute Gasteiger partial charge is 0.242 e. The summed E-state index contributed by atoms with van der Waals surface area (Å²) in [6, 6.07) is 15.4. The van der Waals surface area contributed by atoms with Crippen molar-refractivity contribution >= 4 is 17.4 Å². The molecule has 86 valence electrons. The summed E-state index contributed by atoms with van der Waals surface area (Å²) >= 11 is 0. The van der Waals surface area contributed by atoms with Crippen molar-refractivity contribution in [3.8, 4) is 11.4 Å². The molecule has 0 unspecified atom stereocenters. The van der Waals surface area contributed by atoms with Gasteiger partial charge in [0, 0.05) is 11.8 Å². The zero-order valence-corrected chi connectivity index (χ0v) is 9.45. The average molecular weight is 235 g/mol. The molecular formula is C14H9N3O. The van der Waals surface area contributed by atoms with E-state index >= 15 is 0 Å². The van der Waals surface area contributed by atoms with Gasteiger partial charge in [0.15, 0.2) is 5.82 Å². The van der Waals surface area contributed by atoms with Gasteiger partial charge in [-0.25, -0.2) is 9.78 Å². The normalized spacial score (nSPS) is 10.2. The molecule has 2 aromatic heterocycles. The van der Waals surface area contributed by atoms with Crippen LogP contribution in [0.3, 0.4) is 0 Å². The van der Waals surface area contributed by atoms with Crippen LogP contribution in [0.15, 0.2) is 59.7 Å². The predicted octanol–water partition coefficient (Wildman–Crippen LogP) is 2.97. The van der Waals surface area contributed by atoms with E-state index in [2.05, 4.69) is 9.98 Å². The minimum absolute atomic E-state index is 0.393. The maximum Gasteiger partial charge on any atom is 0.242 e. The van der Waals surface area contributed by atoms with Crippen molar-refractivity contribution in [3.05, 3.63) is 54.7 Å². The second-order valence-corrected chi connectivity index (χ2v) is 3.78. The van der Waals surface area contributed by atoms with Crippen LogP contribution in [0.2, 0.25) is 0 Å². The van der Waals surface area contributed by atoms with Gasteiger partial charge in [-0.1, -0.05) is 36.4 Å². The minimum atomic E-state index is 0.393. The molecule has 0 bridgehead atoms. The molecule has 0 aliphatic rings. The van der Waals surface area contributed by atoms with Crippen LogP contribution < -0.4 is 0 Å². The number of fused-ring (bicyclic) bond motifs is 1. The Hall–Kier alpha value is -2.71. The summed E-state index contributed by atoms with van der Waals surface area (Å²) in [6.45, 7) is 0. The number of benzene rings is 1. The fraction of sp³-hybridized carbons (Fsp3) is 0. The number of aliphatic imine (C=N–C) groups is 1. The second-order valence-electron chi connectivity index (χ2n) is 3.78. The van der Waals surface area contributed by atoms with Crippen molar-refractivity contribution in [3.63, 3.8) is 0 Å². The van der Waals surface area contributed by atoms with E-state index in [0.29, 0.717) is 5.82 Å². The molecule has 0 aliphatic heterocycles. The van der Waals surface area contributed by atoms with Crippen LogP contribution >= 0.6 is 0 Å². The van der Waals surface area contributed by atoms with Crippen LogP contribution in [0.25, 0.3) is 16.9 Å². The van der Waals surface area contributed by atoms with Gasteiger partial charge in [-0.3, -0.25) is 4.40 Å². The lowest BCUT2D eigenvalue weighted by atomic mass is 10.2. The average Bonchev–Trinajstić information content (AvgIpc) is 2.80. The lowest BCUT2D eigenvalue weighted by Gasteiger charge is -1.99. The molecule has 0 radical (unpaired) electrons. The summed E-state index contributed by atoms with van der Waals surface area (Å²) in [6.07, 6.45) is 3.44. The summed E-state index contributed by atoms with van der Waals surface area (Å²) < 4.78 is 1.91. The second kappa shape index (κ2) is 4.28. The van der Waals surface area contributed by atoms with Gasteiger partial charge >= 0.3 is 0 Å². The van der Waals surface area contributed by atoms with Gasteiger partial charge < -0.3 is 0 Å². The minimum Gasteiger partial charge on any atom is -0.298 e. The maximum atomic E-state index is 10.4. The highest BCUT2D eigenvalue weighted by Crippen LogP contribution is 2.26. The van der Waals surface area contributed by atoms with Crippen LogP contribution in [0, 0.1) is 0 Å². The van der Waals surface area contributed by atoms with E-state index < -0.39 is 0 Å². The van der Waals surface area contributed by atoms with E-state index in [1.165, 1.54) is 0 Å². The van der Waals surface area contributed by atoms with Crippen LogP contribution in [-0.2, 0) is 4.79 Å². The quantitative estimate of drug-likeness (QED) is 0.506. The Morgan fingerprint density at radius 2 is 1.83 bits per heavy atom. The van der Waals surface area contributed by atoms with Crippen molar-refractivity contribution in [2.45, 2.75) is 0 Å². The van der Waals surface area contributed by atoms with E-state index in [0.717, 1.165) is 16.9 Å². The topological polar surface area (TPSA) is 46.7 Å². The molecule has 0 fully saturated rings. The first-order chi connectivity index (χ1) is 8.90. The number of aromatic nitrogens is 2. The Morgan fingerprint density at radius 3 is 2.61 bits per heavy atom. The fourth-order valence-corrected chi connectivity index (χ4v) is 1.94. The Morgan fingerprint density at radius 1 is 1.06 bits per heavy atom. The molecular weight excluding hydrogens is 226 g/mol. The number of pyridine rings is 1. The standard InChI is InChI=1S/C14H9N3O/c18-10-15-13-12-8-4-5-9-17(12)14(16-13)11-6-2-1-3-7-11/h1-9H. The van der Waals surface area contributed by atoms with Crippen molar-refractivity contribution in [1.82, 2.24) is 9.38 Å². The predicted molar refractivity (Wildman–Crippen MR) is 68.4 cm³/mol. The third-order valence-corrected chi connectivity index (χ3v) is 2.71. The molecule has 0 aliphatic carbocycles. The van der Waals surface area contributed by atoms with Crippen molar-refractivity contribution in [2.24, 2.45) is 4.99 Å². The highest BCUT2D eigenvalue weighted by atomic mass is 16.1. The van der Waals surface area contributed by atoms with Gasteiger partial charge in [0.25, 0.3) is 0 Å². The Kier molecular flexibility index (Phi) is 2.48. The highest BCUT2D eigenvalue weighted by Gasteiger charge is 2.10. The molecule has 0 N–H and O–H groups in total. The van der Waals surface area contributed by atoms with E-state index in [4.69, 9.17) is 0 Å². The molecule has 0 saturated heterocycles. The number of hydrogen-bond donors (Lipinski definition) is 0. The molecule has 18 heavy (non-hydrogen) atoms. The number of carbonyl (C=O) groups excluding carboxylic acids is 1. The Balaban J connectivity index is 2.34. The summed E-state index contributed by atoms with van der Waals surface area (Å²) in [5.41, 5.74) is 1.77. The molecule has 3 rings (SSSR count). The van der Waals surface area contributed by atoms with Gasteiger partial charge in [-0.2, -0.15) is 0 Å². The van der Waals surface area contributed by atoms with Crippen LogP contribution in [0.1, 0.15) is 0 Å². The number of isocyanates is 1. The maximum absolute atomic E-state index is 10.4. The first kappa shape index (κ1) is 10.4. The van der Waals surface area contributed by atoms with Gasteiger partial charge in [0.2, 0.25) is 6.08 Å². The van der Waals surface area contributed by atoms with Crippen LogP contribution in [0.4, 0.5) is 5.82 Å². The van der Waals surface area contributed by atoms with Gasteiger partial charge in [-0.15, -0.1) is 4.99 Å². The summed E-state index contributed by atoms with van der Waals surface area (Å²) in [4.78, 5) is 18.4. The van der Waals surface area contributed by atoms with Crippen molar-refractivity contribution in [1.29, 1.82) is 0 Å². The van der Waals surface area contributed by atoms with E-state index in [1.54, 1.807) is 6.08 Å². The summed E-state index contributed by atoms with van der Waals surface area (Å²) in [5, 5.41) is 0. The molecule has 0 spiro atoms. The number of imidazole rings is 1. The third-order valence-electron chi connectivity index (χ3n) is 2.71. The highest BCUT2D eigenvalue weighted by molar-refractivity contribution is 5.74. The molecule has 0 amide bonds. The molecule has 0 saturated carbocycles. The van der Waals surface area contributed by atoms with E-state index in [1.807, 2.05) is 59.1 Å². The largest absolute Gasteiger partial charge is 0.298 e. The summed E-state index contributed by atoms with van der Waals surface area (Å²) in [7, 11) is 0. The molecule has 2 heterocycles. The molecule has 0 atom stereocenters. The number of rotatable bonds is 2. The Bertz CT molecular complexity index is 740. The van der Waals surface area contributed by atoms with Gasteiger partial charge in [0.05, 0.1) is 5.52 Å². The lowest BCUT2D eigenvalue weighted by molar-refractivity contribution is 0.565. The molecule has 4 nitrogen and oxygen atoms in total. The SMILES string of the molecule is O=C=Nc1nc(-c2ccccc2)n2ccccc12. The van der Waals surface area contributed by atoms with Crippen LogP contribution in [0.5, 0.6) is 0 Å². The van der Waals surface area contributed by atoms with E-state index in [9.17, 15) is 4.79 Å². The van der Waals surface area contributed by atoms with Crippen LogP contribution in [-0.4, -0.2) is 15.5 Å². The first-order valence-electron chi connectivity index (χ1n) is 5.50. The van der Waals surface area contributed by atoms with Crippen molar-refractivity contribution in [2.75, 3.05) is 0 Å². The zero-order chi connectivity index (χ0) is 12.4. The lowest BCUT2D eigenvalue weighted by Crippen LogP contribution is -1.87. The molecule has 1 aromatic carbocycles. The fourth-order valence-electron chi connectivity index (χ4n) is 1.94. The monoisotopic (exact) mass is 235 g/mol. The van der Waals surface area contributed by atoms with Crippen molar-refractivity contribution < 1.29 is 4.79 Å². The number of hydrogen-bond acceptors (Lipinski definition) is 3. The first-order valence-corrected chi connectivity index (χ1v) is 5.50. The number of nitrogens with zero attached hydrogens (tertiary/aromatic N) is 3. The Labute approximate surface area is 103 Å². The molecule has 4 heteroatoms.